The summed E-state index contributed by atoms with van der Waals surface area (Å²) in [4.78, 5) is 38.8. The average Bonchev–Trinajstić information content (AvgIpc) is 2.92. The minimum Gasteiger partial charge on any atom is -0.340 e. The van der Waals surface area contributed by atoms with Gasteiger partial charge in [-0.2, -0.15) is 4.98 Å². The molecule has 0 aromatic carbocycles. The number of carbonyl (C=O) groups excluding carboxylic acids is 1. The molecule has 9 nitrogen and oxygen atoms in total. The zero-order valence-electron chi connectivity index (χ0n) is 13.1. The monoisotopic (exact) mass is 318 g/mol. The zero-order chi connectivity index (χ0) is 16.4. The topological polar surface area (TPSA) is 108 Å². The summed E-state index contributed by atoms with van der Waals surface area (Å²) in [7, 11) is 0. The van der Waals surface area contributed by atoms with Crippen molar-refractivity contribution < 1.29 is 9.32 Å². The third kappa shape index (κ3) is 3.45. The van der Waals surface area contributed by atoms with Gasteiger partial charge < -0.3 is 14.4 Å². The summed E-state index contributed by atoms with van der Waals surface area (Å²) >= 11 is 0. The van der Waals surface area contributed by atoms with Crippen LogP contribution < -0.4 is 5.56 Å². The highest BCUT2D eigenvalue weighted by Crippen LogP contribution is 2.08. The molecule has 0 bridgehead atoms. The molecule has 0 aliphatic carbocycles. The van der Waals surface area contributed by atoms with Crippen LogP contribution >= 0.6 is 0 Å². The Morgan fingerprint density at radius 1 is 1.30 bits per heavy atom. The van der Waals surface area contributed by atoms with Crippen LogP contribution in [0, 0.1) is 13.8 Å². The lowest BCUT2D eigenvalue weighted by atomic mass is 10.2. The van der Waals surface area contributed by atoms with Crippen molar-refractivity contribution in [3.63, 3.8) is 0 Å². The molecule has 1 N–H and O–H groups in total. The smallest absolute Gasteiger partial charge is 0.263 e. The average molecular weight is 318 g/mol. The predicted octanol–water partition coefficient (Wildman–Crippen LogP) is -0.272. The maximum atomic E-state index is 12.4. The van der Waals surface area contributed by atoms with Crippen molar-refractivity contribution in [2.24, 2.45) is 0 Å². The molecule has 2 aromatic rings. The normalized spacial score (nSPS) is 15.8. The van der Waals surface area contributed by atoms with Gasteiger partial charge in [0.05, 0.1) is 6.54 Å². The first-order chi connectivity index (χ1) is 11.0. The maximum absolute atomic E-state index is 12.4. The summed E-state index contributed by atoms with van der Waals surface area (Å²) in [6, 6.07) is 0. The van der Waals surface area contributed by atoms with Crippen LogP contribution in [0.4, 0.5) is 0 Å². The Kier molecular flexibility index (Phi) is 4.20. The lowest BCUT2D eigenvalue weighted by molar-refractivity contribution is 0.0622. The van der Waals surface area contributed by atoms with Crippen LogP contribution in [-0.4, -0.2) is 62.0 Å². The molecule has 0 radical (unpaired) electrons. The first kappa shape index (κ1) is 15.3. The number of H-pyrrole nitrogens is 1. The SMILES string of the molecule is Cc1ncc(C(=O)N2CCN(Cc3noc(C)n3)CC2)c(=O)[nH]1. The van der Waals surface area contributed by atoms with Gasteiger partial charge in [0.1, 0.15) is 11.4 Å². The van der Waals surface area contributed by atoms with Crippen LogP contribution in [0.1, 0.15) is 27.9 Å². The summed E-state index contributed by atoms with van der Waals surface area (Å²) < 4.78 is 4.95. The largest absolute Gasteiger partial charge is 0.340 e. The molecular weight excluding hydrogens is 300 g/mol. The number of rotatable bonds is 3. The molecule has 2 aromatic heterocycles. The number of aryl methyl sites for hydroxylation is 2. The van der Waals surface area contributed by atoms with Gasteiger partial charge in [0.15, 0.2) is 5.82 Å². The molecule has 3 rings (SSSR count). The quantitative estimate of drug-likeness (QED) is 0.829. The van der Waals surface area contributed by atoms with Crippen molar-refractivity contribution >= 4 is 5.91 Å². The van der Waals surface area contributed by atoms with Gasteiger partial charge in [-0.3, -0.25) is 14.5 Å². The van der Waals surface area contributed by atoms with Crippen molar-refractivity contribution in [1.82, 2.24) is 29.9 Å². The Hall–Kier alpha value is -2.55. The van der Waals surface area contributed by atoms with Crippen molar-refractivity contribution in [2.75, 3.05) is 26.2 Å². The Bertz CT molecular complexity index is 760. The molecule has 122 valence electrons. The van der Waals surface area contributed by atoms with Crippen LogP contribution in [0.3, 0.4) is 0 Å². The molecule has 3 heterocycles. The van der Waals surface area contributed by atoms with E-state index in [2.05, 4.69) is 25.0 Å². The first-order valence-electron chi connectivity index (χ1n) is 7.39. The number of hydrogen-bond donors (Lipinski definition) is 1. The van der Waals surface area contributed by atoms with Crippen LogP contribution in [0.15, 0.2) is 15.5 Å². The molecule has 1 fully saturated rings. The van der Waals surface area contributed by atoms with Crippen LogP contribution in [0.5, 0.6) is 0 Å². The van der Waals surface area contributed by atoms with Crippen molar-refractivity contribution in [1.29, 1.82) is 0 Å². The fourth-order valence-corrected chi connectivity index (χ4v) is 2.52. The number of nitrogens with zero attached hydrogens (tertiary/aromatic N) is 5. The number of carbonyl (C=O) groups is 1. The maximum Gasteiger partial charge on any atom is 0.263 e. The zero-order valence-corrected chi connectivity index (χ0v) is 13.1. The highest BCUT2D eigenvalue weighted by atomic mass is 16.5. The van der Waals surface area contributed by atoms with Gasteiger partial charge in [-0.1, -0.05) is 5.16 Å². The number of hydrogen-bond acceptors (Lipinski definition) is 7. The van der Waals surface area contributed by atoms with Crippen LogP contribution in [0.25, 0.3) is 0 Å². The molecule has 23 heavy (non-hydrogen) atoms. The van der Waals surface area contributed by atoms with Crippen LogP contribution in [-0.2, 0) is 6.54 Å². The molecule has 0 unspecified atom stereocenters. The molecule has 0 saturated carbocycles. The second-order valence-corrected chi connectivity index (χ2v) is 5.51. The minimum atomic E-state index is -0.396. The van der Waals surface area contributed by atoms with E-state index < -0.39 is 5.56 Å². The molecule has 0 spiro atoms. The second-order valence-electron chi connectivity index (χ2n) is 5.51. The molecule has 9 heteroatoms. The van der Waals surface area contributed by atoms with E-state index in [1.54, 1.807) is 18.7 Å². The standard InChI is InChI=1S/C14H18N6O3/c1-9-15-7-11(13(21)16-9)14(22)20-5-3-19(4-6-20)8-12-17-10(2)23-18-12/h7H,3-6,8H2,1-2H3,(H,15,16,21). The molecule has 1 amide bonds. The van der Waals surface area contributed by atoms with Gasteiger partial charge in [-0.15, -0.1) is 0 Å². The number of nitrogens with one attached hydrogen (secondary N) is 1. The van der Waals surface area contributed by atoms with Gasteiger partial charge in [-0.05, 0) is 6.92 Å². The molecule has 1 aliphatic heterocycles. The van der Waals surface area contributed by atoms with E-state index in [0.29, 0.717) is 50.3 Å². The fourth-order valence-electron chi connectivity index (χ4n) is 2.52. The van der Waals surface area contributed by atoms with Crippen molar-refractivity contribution in [3.8, 4) is 0 Å². The third-order valence-electron chi connectivity index (χ3n) is 3.75. The Morgan fingerprint density at radius 3 is 2.65 bits per heavy atom. The number of piperazine rings is 1. The minimum absolute atomic E-state index is 0.0813. The summed E-state index contributed by atoms with van der Waals surface area (Å²) in [5.74, 6) is 1.39. The fraction of sp³-hybridized carbons (Fsp3) is 0.500. The summed E-state index contributed by atoms with van der Waals surface area (Å²) in [5.41, 5.74) is -0.315. The van der Waals surface area contributed by atoms with E-state index in [0.717, 1.165) is 0 Å². The van der Waals surface area contributed by atoms with Crippen LogP contribution in [0.2, 0.25) is 0 Å². The summed E-state index contributed by atoms with van der Waals surface area (Å²) in [5, 5.41) is 3.87. The first-order valence-corrected chi connectivity index (χ1v) is 7.39. The third-order valence-corrected chi connectivity index (χ3v) is 3.75. The lowest BCUT2D eigenvalue weighted by Crippen LogP contribution is -2.49. The summed E-state index contributed by atoms with van der Waals surface area (Å²) in [6.07, 6.45) is 1.34. The molecule has 1 saturated heterocycles. The highest BCUT2D eigenvalue weighted by molar-refractivity contribution is 5.93. The van der Waals surface area contributed by atoms with E-state index in [4.69, 9.17) is 4.52 Å². The van der Waals surface area contributed by atoms with E-state index >= 15 is 0 Å². The number of aromatic amines is 1. The molecule has 1 aliphatic rings. The second kappa shape index (κ2) is 6.29. The Morgan fingerprint density at radius 2 is 2.04 bits per heavy atom. The van der Waals surface area contributed by atoms with E-state index in [-0.39, 0.29) is 11.5 Å². The van der Waals surface area contributed by atoms with Crippen molar-refractivity contribution in [2.45, 2.75) is 20.4 Å². The van der Waals surface area contributed by atoms with Gasteiger partial charge >= 0.3 is 0 Å². The predicted molar refractivity (Wildman–Crippen MR) is 79.8 cm³/mol. The summed E-state index contributed by atoms with van der Waals surface area (Å²) in [6.45, 7) is 6.49. The van der Waals surface area contributed by atoms with E-state index in [9.17, 15) is 9.59 Å². The highest BCUT2D eigenvalue weighted by Gasteiger charge is 2.24. The van der Waals surface area contributed by atoms with E-state index in [1.165, 1.54) is 6.20 Å². The van der Waals surface area contributed by atoms with Crippen molar-refractivity contribution in [3.05, 3.63) is 39.7 Å². The Balaban J connectivity index is 1.60. The number of amides is 1. The molecule has 0 atom stereocenters. The van der Waals surface area contributed by atoms with Gasteiger partial charge in [0.25, 0.3) is 11.5 Å². The Labute approximate surface area is 132 Å². The molecular formula is C14H18N6O3. The van der Waals surface area contributed by atoms with Gasteiger partial charge in [0.2, 0.25) is 5.89 Å². The van der Waals surface area contributed by atoms with Gasteiger partial charge in [0, 0.05) is 39.3 Å². The van der Waals surface area contributed by atoms with E-state index in [1.807, 2.05) is 0 Å². The number of aromatic nitrogens is 4. The van der Waals surface area contributed by atoms with Gasteiger partial charge in [-0.25, -0.2) is 4.98 Å². The lowest BCUT2D eigenvalue weighted by Gasteiger charge is -2.33.